The van der Waals surface area contributed by atoms with Crippen LogP contribution in [0.5, 0.6) is 5.75 Å². The second kappa shape index (κ2) is 7.45. The van der Waals surface area contributed by atoms with Crippen molar-refractivity contribution < 1.29 is 4.74 Å². The van der Waals surface area contributed by atoms with Gasteiger partial charge in [-0.1, -0.05) is 29.8 Å². The predicted molar refractivity (Wildman–Crippen MR) is 95.5 cm³/mol. The van der Waals surface area contributed by atoms with Gasteiger partial charge in [-0.2, -0.15) is 0 Å². The van der Waals surface area contributed by atoms with E-state index in [0.29, 0.717) is 0 Å². The highest BCUT2D eigenvalue weighted by atomic mass is 127. The van der Waals surface area contributed by atoms with E-state index in [-0.39, 0.29) is 12.1 Å². The van der Waals surface area contributed by atoms with Crippen molar-refractivity contribution >= 4 is 34.2 Å². The van der Waals surface area contributed by atoms with Crippen LogP contribution in [-0.4, -0.2) is 6.10 Å². The molecule has 3 nitrogen and oxygen atoms in total. The Morgan fingerprint density at radius 1 is 1.10 bits per heavy atom. The van der Waals surface area contributed by atoms with E-state index in [1.807, 2.05) is 56.3 Å². The van der Waals surface area contributed by atoms with Gasteiger partial charge in [0.25, 0.3) is 0 Å². The van der Waals surface area contributed by atoms with Gasteiger partial charge < -0.3 is 4.74 Å². The van der Waals surface area contributed by atoms with Crippen LogP contribution in [0.1, 0.15) is 31.0 Å². The molecule has 112 valence electrons. The third kappa shape index (κ3) is 4.32. The van der Waals surface area contributed by atoms with Crippen molar-refractivity contribution in [2.24, 2.45) is 5.84 Å². The molecule has 0 fully saturated rings. The average Bonchev–Trinajstić information content (AvgIpc) is 2.45. The minimum atomic E-state index is -0.104. The van der Waals surface area contributed by atoms with Gasteiger partial charge in [-0.3, -0.25) is 5.84 Å². The summed E-state index contributed by atoms with van der Waals surface area (Å²) in [6.07, 6.45) is 0.161. The fraction of sp³-hybridized carbons (Fsp3) is 0.250. The summed E-state index contributed by atoms with van der Waals surface area (Å²) in [5.41, 5.74) is 4.93. The SMILES string of the molecule is CC(C)Oc1ccc(C(NN)c2ccc(I)c(Cl)c2)cc1. The van der Waals surface area contributed by atoms with Gasteiger partial charge in [-0.15, -0.1) is 0 Å². The molecule has 0 bridgehead atoms. The smallest absolute Gasteiger partial charge is 0.119 e. The first-order valence-corrected chi connectivity index (χ1v) is 8.14. The zero-order valence-electron chi connectivity index (χ0n) is 11.9. The first-order valence-electron chi connectivity index (χ1n) is 6.69. The monoisotopic (exact) mass is 416 g/mol. The minimum Gasteiger partial charge on any atom is -0.491 e. The van der Waals surface area contributed by atoms with Crippen molar-refractivity contribution in [2.75, 3.05) is 0 Å². The van der Waals surface area contributed by atoms with Gasteiger partial charge in [-0.05, 0) is 71.8 Å². The number of hydrogen-bond acceptors (Lipinski definition) is 3. The quantitative estimate of drug-likeness (QED) is 0.434. The van der Waals surface area contributed by atoms with Gasteiger partial charge in [0.1, 0.15) is 5.75 Å². The first-order chi connectivity index (χ1) is 10.0. The predicted octanol–water partition coefficient (Wildman–Crippen LogP) is 4.28. The molecule has 0 amide bonds. The third-order valence-electron chi connectivity index (χ3n) is 3.03. The van der Waals surface area contributed by atoms with E-state index in [4.69, 9.17) is 22.2 Å². The number of nitrogens with one attached hydrogen (secondary N) is 1. The molecule has 1 unspecified atom stereocenters. The van der Waals surface area contributed by atoms with Gasteiger partial charge >= 0.3 is 0 Å². The molecule has 0 aromatic heterocycles. The third-order valence-corrected chi connectivity index (χ3v) is 4.60. The molecule has 0 spiro atoms. The van der Waals surface area contributed by atoms with Crippen LogP contribution in [0.15, 0.2) is 42.5 Å². The van der Waals surface area contributed by atoms with Crippen molar-refractivity contribution in [3.05, 3.63) is 62.2 Å². The average molecular weight is 417 g/mol. The fourth-order valence-corrected chi connectivity index (χ4v) is 2.61. The molecule has 2 aromatic rings. The summed E-state index contributed by atoms with van der Waals surface area (Å²) in [7, 11) is 0. The van der Waals surface area contributed by atoms with Crippen molar-refractivity contribution in [3.63, 3.8) is 0 Å². The highest BCUT2D eigenvalue weighted by Gasteiger charge is 2.14. The molecule has 3 N–H and O–H groups in total. The summed E-state index contributed by atoms with van der Waals surface area (Å²) in [6, 6.07) is 13.8. The van der Waals surface area contributed by atoms with Gasteiger partial charge in [0.05, 0.1) is 17.2 Å². The lowest BCUT2D eigenvalue weighted by Gasteiger charge is -2.18. The van der Waals surface area contributed by atoms with Gasteiger partial charge in [0, 0.05) is 3.57 Å². The largest absolute Gasteiger partial charge is 0.491 e. The maximum Gasteiger partial charge on any atom is 0.119 e. The number of rotatable bonds is 5. The van der Waals surface area contributed by atoms with E-state index < -0.39 is 0 Å². The highest BCUT2D eigenvalue weighted by Crippen LogP contribution is 2.28. The molecule has 0 radical (unpaired) electrons. The van der Waals surface area contributed by atoms with E-state index in [2.05, 4.69) is 28.0 Å². The van der Waals surface area contributed by atoms with Crippen molar-refractivity contribution in [1.29, 1.82) is 0 Å². The van der Waals surface area contributed by atoms with Crippen molar-refractivity contribution in [3.8, 4) is 5.75 Å². The van der Waals surface area contributed by atoms with Crippen LogP contribution in [0.25, 0.3) is 0 Å². The minimum absolute atomic E-state index is 0.104. The molecule has 0 heterocycles. The number of halogens is 2. The lowest BCUT2D eigenvalue weighted by molar-refractivity contribution is 0.242. The summed E-state index contributed by atoms with van der Waals surface area (Å²) in [5.74, 6) is 6.57. The molecule has 21 heavy (non-hydrogen) atoms. The molecule has 1 atom stereocenters. The van der Waals surface area contributed by atoms with E-state index in [1.54, 1.807) is 0 Å². The standard InChI is InChI=1S/C16H18ClIN2O/c1-10(2)21-13-6-3-11(4-7-13)16(20-19)12-5-8-15(18)14(17)9-12/h3-10,16,20H,19H2,1-2H3. The second-order valence-electron chi connectivity index (χ2n) is 5.01. The van der Waals surface area contributed by atoms with E-state index in [9.17, 15) is 0 Å². The topological polar surface area (TPSA) is 47.3 Å². The molecule has 0 saturated carbocycles. The summed E-state index contributed by atoms with van der Waals surface area (Å²) in [4.78, 5) is 0. The summed E-state index contributed by atoms with van der Waals surface area (Å²) >= 11 is 8.40. The molecule has 5 heteroatoms. The number of nitrogens with two attached hydrogens (primary N) is 1. The van der Waals surface area contributed by atoms with Crippen LogP contribution in [0.2, 0.25) is 5.02 Å². The zero-order chi connectivity index (χ0) is 15.4. The van der Waals surface area contributed by atoms with E-state index >= 15 is 0 Å². The number of benzene rings is 2. The Hall–Kier alpha value is -0.820. The van der Waals surface area contributed by atoms with Crippen LogP contribution in [0, 0.1) is 3.57 Å². The van der Waals surface area contributed by atoms with Crippen LogP contribution < -0.4 is 16.0 Å². The first kappa shape index (κ1) is 16.5. The highest BCUT2D eigenvalue weighted by molar-refractivity contribution is 14.1. The Balaban J connectivity index is 2.26. The Morgan fingerprint density at radius 3 is 2.24 bits per heavy atom. The fourth-order valence-electron chi connectivity index (χ4n) is 2.09. The number of ether oxygens (including phenoxy) is 1. The summed E-state index contributed by atoms with van der Waals surface area (Å²) < 4.78 is 6.67. The molecule has 2 aromatic carbocycles. The molecule has 0 aliphatic carbocycles. The van der Waals surface area contributed by atoms with Crippen molar-refractivity contribution in [2.45, 2.75) is 26.0 Å². The van der Waals surface area contributed by atoms with Crippen LogP contribution in [0.3, 0.4) is 0 Å². The van der Waals surface area contributed by atoms with Crippen LogP contribution in [0.4, 0.5) is 0 Å². The molecule has 2 rings (SSSR count). The second-order valence-corrected chi connectivity index (χ2v) is 6.58. The maximum atomic E-state index is 6.19. The van der Waals surface area contributed by atoms with Gasteiger partial charge in [0.2, 0.25) is 0 Å². The summed E-state index contributed by atoms with van der Waals surface area (Å²) in [6.45, 7) is 4.01. The Labute approximate surface area is 143 Å². The maximum absolute atomic E-state index is 6.19. The normalized spacial score (nSPS) is 12.5. The number of hydrazine groups is 1. The number of hydrogen-bond donors (Lipinski definition) is 2. The summed E-state index contributed by atoms with van der Waals surface area (Å²) in [5, 5.41) is 0.730. The van der Waals surface area contributed by atoms with Crippen molar-refractivity contribution in [1.82, 2.24) is 5.43 Å². The zero-order valence-corrected chi connectivity index (χ0v) is 14.9. The van der Waals surface area contributed by atoms with Gasteiger partial charge in [0.15, 0.2) is 0 Å². The Kier molecular flexibility index (Phi) is 5.87. The Bertz CT molecular complexity index is 602. The lowest BCUT2D eigenvalue weighted by atomic mass is 9.99. The lowest BCUT2D eigenvalue weighted by Crippen LogP contribution is -2.28. The Morgan fingerprint density at radius 2 is 1.71 bits per heavy atom. The van der Waals surface area contributed by atoms with E-state index in [1.165, 1.54) is 0 Å². The van der Waals surface area contributed by atoms with Crippen LogP contribution >= 0.6 is 34.2 Å². The van der Waals surface area contributed by atoms with Crippen LogP contribution in [-0.2, 0) is 0 Å². The molecular formula is C16H18ClIN2O. The van der Waals surface area contributed by atoms with E-state index in [0.717, 1.165) is 25.5 Å². The van der Waals surface area contributed by atoms with Gasteiger partial charge in [-0.25, -0.2) is 5.43 Å². The molecule has 0 aliphatic heterocycles. The molecular weight excluding hydrogens is 399 g/mol. The molecule has 0 saturated heterocycles. The molecule has 0 aliphatic rings.